The summed E-state index contributed by atoms with van der Waals surface area (Å²) in [6, 6.07) is 1.72. The van der Waals surface area contributed by atoms with Gasteiger partial charge < -0.3 is 10.0 Å². The lowest BCUT2D eigenvalue weighted by molar-refractivity contribution is -0.142. The van der Waals surface area contributed by atoms with E-state index >= 15 is 0 Å². The largest absolute Gasteiger partial charge is 0.481 e. The summed E-state index contributed by atoms with van der Waals surface area (Å²) in [5, 5.41) is 11.2. The van der Waals surface area contributed by atoms with E-state index in [1.165, 1.54) is 27.1 Å². The Morgan fingerprint density at radius 3 is 2.91 bits per heavy atom. The number of thiophene rings is 1. The standard InChI is InChI=1S/C14H17N3O4S/c1-9(14(20)21)7-16(2)11(18)3-5-17-8-15-12-10(13(17)19)4-6-22-12/h4,6,8-9H,3,5,7H2,1-2H3,(H,20,21). The number of carbonyl (C=O) groups excluding carboxylic acids is 1. The fraction of sp³-hybridized carbons (Fsp3) is 0.429. The molecule has 0 aliphatic carbocycles. The predicted molar refractivity (Wildman–Crippen MR) is 82.9 cm³/mol. The van der Waals surface area contributed by atoms with Gasteiger partial charge >= 0.3 is 5.97 Å². The zero-order valence-corrected chi connectivity index (χ0v) is 13.2. The normalized spacial score (nSPS) is 12.3. The van der Waals surface area contributed by atoms with Crippen LogP contribution in [0.15, 0.2) is 22.6 Å². The Bertz CT molecular complexity index is 752. The first-order chi connectivity index (χ1) is 10.4. The molecule has 0 aromatic carbocycles. The van der Waals surface area contributed by atoms with Crippen molar-refractivity contribution in [3.63, 3.8) is 0 Å². The van der Waals surface area contributed by atoms with Gasteiger partial charge in [0.2, 0.25) is 5.91 Å². The zero-order chi connectivity index (χ0) is 16.3. The minimum atomic E-state index is -0.942. The van der Waals surface area contributed by atoms with E-state index in [0.29, 0.717) is 10.2 Å². The Labute approximate surface area is 130 Å². The number of fused-ring (bicyclic) bond motifs is 1. The maximum atomic E-state index is 12.2. The number of carboxylic acids is 1. The first-order valence-corrected chi connectivity index (χ1v) is 7.67. The molecule has 0 bridgehead atoms. The molecule has 1 N–H and O–H groups in total. The van der Waals surface area contributed by atoms with E-state index in [1.54, 1.807) is 25.4 Å². The minimum absolute atomic E-state index is 0.125. The summed E-state index contributed by atoms with van der Waals surface area (Å²) in [5.41, 5.74) is -0.166. The van der Waals surface area contributed by atoms with Gasteiger partial charge in [-0.1, -0.05) is 6.92 Å². The topological polar surface area (TPSA) is 92.5 Å². The highest BCUT2D eigenvalue weighted by molar-refractivity contribution is 7.16. The molecule has 22 heavy (non-hydrogen) atoms. The molecule has 2 aromatic rings. The van der Waals surface area contributed by atoms with E-state index < -0.39 is 11.9 Å². The van der Waals surface area contributed by atoms with Crippen LogP contribution < -0.4 is 5.56 Å². The molecule has 0 aliphatic rings. The molecule has 1 amide bonds. The molecule has 2 heterocycles. The summed E-state index contributed by atoms with van der Waals surface area (Å²) in [6.45, 7) is 1.91. The van der Waals surface area contributed by atoms with Gasteiger partial charge in [-0.3, -0.25) is 19.0 Å². The fourth-order valence-electron chi connectivity index (χ4n) is 2.05. The highest BCUT2D eigenvalue weighted by Gasteiger charge is 2.17. The van der Waals surface area contributed by atoms with Crippen molar-refractivity contribution < 1.29 is 14.7 Å². The Hall–Kier alpha value is -2.22. The second kappa shape index (κ2) is 6.69. The molecule has 0 radical (unpaired) electrons. The second-order valence-electron chi connectivity index (χ2n) is 5.15. The SMILES string of the molecule is CC(CN(C)C(=O)CCn1cnc2sccc2c1=O)C(=O)O. The molecule has 2 rings (SSSR count). The summed E-state index contributed by atoms with van der Waals surface area (Å²) in [6.07, 6.45) is 1.56. The lowest BCUT2D eigenvalue weighted by atomic mass is 10.1. The molecule has 118 valence electrons. The van der Waals surface area contributed by atoms with Gasteiger partial charge in [0.1, 0.15) is 4.83 Å². The molecule has 1 unspecified atom stereocenters. The number of amides is 1. The van der Waals surface area contributed by atoms with Crippen molar-refractivity contribution in [3.05, 3.63) is 28.1 Å². The average molecular weight is 323 g/mol. The van der Waals surface area contributed by atoms with Crippen LogP contribution in [-0.4, -0.2) is 45.0 Å². The first kappa shape index (κ1) is 16.2. The van der Waals surface area contributed by atoms with Crippen LogP contribution in [0.2, 0.25) is 0 Å². The number of aliphatic carboxylic acids is 1. The summed E-state index contributed by atoms with van der Waals surface area (Å²) in [4.78, 5) is 41.2. The molecule has 1 atom stereocenters. The van der Waals surface area contributed by atoms with Crippen molar-refractivity contribution >= 4 is 33.4 Å². The van der Waals surface area contributed by atoms with Crippen LogP contribution in [0.1, 0.15) is 13.3 Å². The molecule has 7 nitrogen and oxygen atoms in total. The van der Waals surface area contributed by atoms with E-state index in [9.17, 15) is 14.4 Å². The molecule has 0 fully saturated rings. The van der Waals surface area contributed by atoms with Gasteiger partial charge in [0.25, 0.3) is 5.56 Å². The van der Waals surface area contributed by atoms with Crippen molar-refractivity contribution in [2.75, 3.05) is 13.6 Å². The van der Waals surface area contributed by atoms with E-state index in [-0.39, 0.29) is 31.0 Å². The average Bonchev–Trinajstić information content (AvgIpc) is 2.95. The Kier molecular flexibility index (Phi) is 4.92. The fourth-order valence-corrected chi connectivity index (χ4v) is 2.77. The van der Waals surface area contributed by atoms with Crippen LogP contribution >= 0.6 is 11.3 Å². The van der Waals surface area contributed by atoms with Gasteiger partial charge in [-0.15, -0.1) is 11.3 Å². The Morgan fingerprint density at radius 2 is 2.23 bits per heavy atom. The molecule has 0 spiro atoms. The number of nitrogens with zero attached hydrogens (tertiary/aromatic N) is 3. The lowest BCUT2D eigenvalue weighted by Crippen LogP contribution is -2.34. The number of rotatable bonds is 6. The van der Waals surface area contributed by atoms with Gasteiger partial charge in [0.05, 0.1) is 17.6 Å². The number of carbonyl (C=O) groups is 2. The molecule has 0 saturated heterocycles. The number of carboxylic acid groups (broad SMARTS) is 1. The van der Waals surface area contributed by atoms with Gasteiger partial charge in [-0.05, 0) is 11.4 Å². The Morgan fingerprint density at radius 1 is 1.50 bits per heavy atom. The molecule has 0 aliphatic heterocycles. The van der Waals surface area contributed by atoms with Crippen molar-refractivity contribution in [2.24, 2.45) is 5.92 Å². The monoisotopic (exact) mass is 323 g/mol. The van der Waals surface area contributed by atoms with Gasteiger partial charge in [0, 0.05) is 26.6 Å². The second-order valence-corrected chi connectivity index (χ2v) is 6.04. The molecule has 2 aromatic heterocycles. The third-order valence-corrected chi connectivity index (χ3v) is 4.23. The van der Waals surface area contributed by atoms with Gasteiger partial charge in [-0.25, -0.2) is 4.98 Å². The van der Waals surface area contributed by atoms with Crippen LogP contribution in [0.4, 0.5) is 0 Å². The van der Waals surface area contributed by atoms with Crippen LogP contribution in [0.3, 0.4) is 0 Å². The number of hydrogen-bond acceptors (Lipinski definition) is 5. The van der Waals surface area contributed by atoms with E-state index in [4.69, 9.17) is 5.11 Å². The third-order valence-electron chi connectivity index (χ3n) is 3.41. The summed E-state index contributed by atoms with van der Waals surface area (Å²) in [5.74, 6) is -1.77. The number of aromatic nitrogens is 2. The van der Waals surface area contributed by atoms with Gasteiger partial charge in [0.15, 0.2) is 0 Å². The predicted octanol–water partition coefficient (Wildman–Crippen LogP) is 1.03. The van der Waals surface area contributed by atoms with Crippen LogP contribution in [0.25, 0.3) is 10.2 Å². The van der Waals surface area contributed by atoms with E-state index in [1.807, 2.05) is 0 Å². The van der Waals surface area contributed by atoms with Crippen LogP contribution in [0.5, 0.6) is 0 Å². The highest BCUT2D eigenvalue weighted by Crippen LogP contribution is 2.13. The van der Waals surface area contributed by atoms with Crippen LogP contribution in [-0.2, 0) is 16.1 Å². The molecular weight excluding hydrogens is 306 g/mol. The Balaban J connectivity index is 1.99. The summed E-state index contributed by atoms with van der Waals surface area (Å²) < 4.78 is 1.40. The molecule has 8 heteroatoms. The number of aryl methyl sites for hydroxylation is 1. The smallest absolute Gasteiger partial charge is 0.308 e. The highest BCUT2D eigenvalue weighted by atomic mass is 32.1. The maximum absolute atomic E-state index is 12.2. The quantitative estimate of drug-likeness (QED) is 0.857. The summed E-state index contributed by atoms with van der Waals surface area (Å²) in [7, 11) is 1.56. The number of hydrogen-bond donors (Lipinski definition) is 1. The molecule has 0 saturated carbocycles. The zero-order valence-electron chi connectivity index (χ0n) is 12.4. The summed E-state index contributed by atoms with van der Waals surface area (Å²) >= 11 is 1.39. The van der Waals surface area contributed by atoms with Crippen molar-refractivity contribution in [2.45, 2.75) is 19.9 Å². The van der Waals surface area contributed by atoms with Crippen molar-refractivity contribution in [1.82, 2.24) is 14.5 Å². The van der Waals surface area contributed by atoms with Crippen molar-refractivity contribution in [1.29, 1.82) is 0 Å². The maximum Gasteiger partial charge on any atom is 0.308 e. The van der Waals surface area contributed by atoms with E-state index in [2.05, 4.69) is 4.98 Å². The first-order valence-electron chi connectivity index (χ1n) is 6.79. The third kappa shape index (κ3) is 3.51. The molecular formula is C14H17N3O4S. The van der Waals surface area contributed by atoms with E-state index in [0.717, 1.165) is 0 Å². The van der Waals surface area contributed by atoms with Crippen LogP contribution in [0, 0.1) is 5.92 Å². The van der Waals surface area contributed by atoms with Gasteiger partial charge in [-0.2, -0.15) is 0 Å². The lowest BCUT2D eigenvalue weighted by Gasteiger charge is -2.19. The van der Waals surface area contributed by atoms with Crippen molar-refractivity contribution in [3.8, 4) is 0 Å². The minimum Gasteiger partial charge on any atom is -0.481 e.